The monoisotopic (exact) mass is 681 g/mol. The van der Waals surface area contributed by atoms with Gasteiger partial charge < -0.3 is 44.7 Å². The standard InChI is InChI=1S/C37H47NO11/c1-17-11-10-12-18(2)36(45)38-25-16-26(40)28-24(32(25)43)15-19(3)33-29(28)35(44)37(8,49-33)47-14-13-27(46-9)20(4)34(48-23(7)39)22(6)31(42)21(5)30(17)41/h10-17,20-22,27,30-31,34,40-43H,1-9H3,(H,38,45)/t17-,20+,21+,22+,27-,30-,31+,34+,37-/m0/s1. The average molecular weight is 682 g/mol. The third kappa shape index (κ3) is 7.31. The van der Waals surface area contributed by atoms with Crippen LogP contribution >= 0.6 is 0 Å². The zero-order valence-corrected chi connectivity index (χ0v) is 29.3. The second-order valence-electron chi connectivity index (χ2n) is 13.3. The molecule has 49 heavy (non-hydrogen) atoms. The molecule has 0 saturated heterocycles. The van der Waals surface area contributed by atoms with Gasteiger partial charge in [0.2, 0.25) is 0 Å². The molecule has 2 aromatic rings. The first-order valence-corrected chi connectivity index (χ1v) is 16.3. The van der Waals surface area contributed by atoms with Crippen molar-refractivity contribution in [2.75, 3.05) is 12.4 Å². The van der Waals surface area contributed by atoms with Crippen molar-refractivity contribution < 1.29 is 53.8 Å². The lowest BCUT2D eigenvalue weighted by molar-refractivity contribution is -0.160. The highest BCUT2D eigenvalue weighted by Crippen LogP contribution is 2.49. The number of esters is 1. The summed E-state index contributed by atoms with van der Waals surface area (Å²) in [5, 5.41) is 47.7. The second kappa shape index (κ2) is 14.6. The number of Topliss-reactive ketones (excluding diaryl/α,β-unsaturated/α-hetero) is 1. The number of ether oxygens (including phenoxy) is 4. The summed E-state index contributed by atoms with van der Waals surface area (Å²) in [6, 6.07) is 2.70. The van der Waals surface area contributed by atoms with Gasteiger partial charge in [-0.15, -0.1) is 0 Å². The number of methoxy groups -OCH3 is 1. The number of carbonyl (C=O) groups is 3. The fraction of sp³-hybridized carbons (Fsp3) is 0.486. The number of fused-ring (bicyclic) bond motifs is 14. The van der Waals surface area contributed by atoms with Crippen molar-refractivity contribution in [3.8, 4) is 17.2 Å². The number of aliphatic hydroxyl groups excluding tert-OH is 2. The minimum Gasteiger partial charge on any atom is -0.507 e. The number of aliphatic hydroxyl groups is 2. The number of phenols is 2. The van der Waals surface area contributed by atoms with Crippen molar-refractivity contribution >= 4 is 34.1 Å². The number of ketones is 1. The first kappa shape index (κ1) is 37.4. The number of hydrogen-bond acceptors (Lipinski definition) is 11. The van der Waals surface area contributed by atoms with Crippen LogP contribution in [0.5, 0.6) is 17.2 Å². The Morgan fingerprint density at radius 2 is 1.65 bits per heavy atom. The number of nitrogens with one attached hydrogen (secondary N) is 1. The van der Waals surface area contributed by atoms with E-state index >= 15 is 0 Å². The highest BCUT2D eigenvalue weighted by molar-refractivity contribution is 6.20. The highest BCUT2D eigenvalue weighted by atomic mass is 16.7. The summed E-state index contributed by atoms with van der Waals surface area (Å²) in [5.41, 5.74) is 0.671. The van der Waals surface area contributed by atoms with Crippen LogP contribution in [0, 0.1) is 30.6 Å². The van der Waals surface area contributed by atoms with E-state index in [0.717, 1.165) is 6.07 Å². The first-order chi connectivity index (χ1) is 22.9. The van der Waals surface area contributed by atoms with Crippen LogP contribution in [0.25, 0.3) is 10.8 Å². The molecule has 2 aromatic carbocycles. The van der Waals surface area contributed by atoms with Gasteiger partial charge in [-0.3, -0.25) is 14.4 Å². The third-order valence-electron chi connectivity index (χ3n) is 9.66. The van der Waals surface area contributed by atoms with Gasteiger partial charge in [-0.2, -0.15) is 0 Å². The number of aryl methyl sites for hydroxylation is 1. The van der Waals surface area contributed by atoms with Crippen molar-refractivity contribution in [3.05, 3.63) is 59.4 Å². The Morgan fingerprint density at radius 1 is 0.980 bits per heavy atom. The Hall–Kier alpha value is -4.39. The molecule has 0 unspecified atom stereocenters. The van der Waals surface area contributed by atoms with Crippen molar-refractivity contribution in [2.24, 2.45) is 23.7 Å². The number of aromatic hydroxyl groups is 2. The molecule has 12 heteroatoms. The van der Waals surface area contributed by atoms with E-state index < -0.39 is 71.5 Å². The van der Waals surface area contributed by atoms with E-state index in [1.165, 1.54) is 39.4 Å². The van der Waals surface area contributed by atoms with Gasteiger partial charge in [-0.1, -0.05) is 45.9 Å². The van der Waals surface area contributed by atoms with E-state index in [1.54, 1.807) is 59.8 Å². The van der Waals surface area contributed by atoms with Crippen molar-refractivity contribution in [1.29, 1.82) is 0 Å². The largest absolute Gasteiger partial charge is 0.507 e. The number of benzene rings is 2. The lowest BCUT2D eigenvalue weighted by atomic mass is 9.78. The fourth-order valence-electron chi connectivity index (χ4n) is 6.59. The van der Waals surface area contributed by atoms with Crippen LogP contribution in [0.4, 0.5) is 5.69 Å². The lowest BCUT2D eigenvalue weighted by Crippen LogP contribution is -2.46. The molecule has 5 N–H and O–H groups in total. The molecule has 3 heterocycles. The number of rotatable bonds is 2. The van der Waals surface area contributed by atoms with Crippen molar-refractivity contribution in [2.45, 2.75) is 85.6 Å². The minimum atomic E-state index is -1.86. The van der Waals surface area contributed by atoms with Gasteiger partial charge in [0.05, 0.1) is 35.8 Å². The Balaban J connectivity index is 1.84. The van der Waals surface area contributed by atoms with E-state index in [9.17, 15) is 34.8 Å². The molecule has 0 fully saturated rings. The molecule has 0 saturated carbocycles. The molecule has 3 aliphatic heterocycles. The van der Waals surface area contributed by atoms with Gasteiger partial charge >= 0.3 is 11.8 Å². The summed E-state index contributed by atoms with van der Waals surface area (Å²) in [6.07, 6.45) is 3.95. The molecule has 9 atom stereocenters. The number of allylic oxidation sites excluding steroid dienone is 2. The molecule has 1 amide bonds. The fourth-order valence-corrected chi connectivity index (χ4v) is 6.59. The van der Waals surface area contributed by atoms with Crippen LogP contribution in [0.3, 0.4) is 0 Å². The van der Waals surface area contributed by atoms with Gasteiger partial charge in [-0.05, 0) is 31.6 Å². The Bertz CT molecular complexity index is 1710. The van der Waals surface area contributed by atoms with Gasteiger partial charge in [0.15, 0.2) is 0 Å². The maximum atomic E-state index is 13.9. The number of hydrogen-bond donors (Lipinski definition) is 5. The molecule has 0 radical (unpaired) electrons. The molecule has 3 aliphatic rings. The zero-order chi connectivity index (χ0) is 36.5. The molecule has 0 spiro atoms. The minimum absolute atomic E-state index is 0.00654. The molecule has 266 valence electrons. The van der Waals surface area contributed by atoms with E-state index in [4.69, 9.17) is 18.9 Å². The van der Waals surface area contributed by atoms with Crippen molar-refractivity contribution in [1.82, 2.24) is 0 Å². The Morgan fingerprint density at radius 3 is 2.29 bits per heavy atom. The van der Waals surface area contributed by atoms with Crippen molar-refractivity contribution in [3.63, 3.8) is 0 Å². The molecular formula is C37H47NO11. The topological polar surface area (TPSA) is 181 Å². The maximum absolute atomic E-state index is 13.9. The smallest absolute Gasteiger partial charge is 0.312 e. The van der Waals surface area contributed by atoms with E-state index in [1.807, 2.05) is 0 Å². The van der Waals surface area contributed by atoms with Gasteiger partial charge in [0.25, 0.3) is 11.7 Å². The Labute approximate surface area is 286 Å². The number of phenolic OH excluding ortho intramolecular Hbond substituents is 2. The second-order valence-corrected chi connectivity index (χ2v) is 13.3. The molecule has 0 aromatic heterocycles. The summed E-state index contributed by atoms with van der Waals surface area (Å²) < 4.78 is 23.3. The number of carbonyl (C=O) groups excluding carboxylic acids is 3. The van der Waals surface area contributed by atoms with Gasteiger partial charge in [-0.25, -0.2) is 0 Å². The summed E-state index contributed by atoms with van der Waals surface area (Å²) in [5.74, 6) is -6.44. The van der Waals surface area contributed by atoms with E-state index in [-0.39, 0.29) is 44.8 Å². The third-order valence-corrected chi connectivity index (χ3v) is 9.66. The molecule has 0 aliphatic carbocycles. The normalized spacial score (nSPS) is 31.3. The van der Waals surface area contributed by atoms with Crippen LogP contribution in [-0.4, -0.2) is 75.4 Å². The number of anilines is 1. The lowest BCUT2D eigenvalue weighted by Gasteiger charge is -2.38. The first-order valence-electron chi connectivity index (χ1n) is 16.3. The van der Waals surface area contributed by atoms with E-state index in [2.05, 4.69) is 5.32 Å². The summed E-state index contributed by atoms with van der Waals surface area (Å²) in [7, 11) is 1.46. The van der Waals surface area contributed by atoms with Crippen LogP contribution in [0.2, 0.25) is 0 Å². The quantitative estimate of drug-likeness (QED) is 0.163. The van der Waals surface area contributed by atoms with Gasteiger partial charge in [0, 0.05) is 67.0 Å². The summed E-state index contributed by atoms with van der Waals surface area (Å²) >= 11 is 0. The SMILES string of the molecule is CO[C@H]1C=CO[C@@]2(C)Oc3c(C)cc4c(O)c(cc(O)c4c3C2=O)NC(=O)C(C)=CC=C[C@H](C)[C@H](O)[C@@H](C)[C@@H](O)[C@@H](C)[C@H](OC(C)=O)[C@@H]1C. The highest BCUT2D eigenvalue weighted by Gasteiger charge is 2.48. The predicted octanol–water partition coefficient (Wildman–Crippen LogP) is 5.05. The van der Waals surface area contributed by atoms with Crippen LogP contribution in [0.1, 0.15) is 64.4 Å². The van der Waals surface area contributed by atoms with Crippen LogP contribution < -0.4 is 10.1 Å². The maximum Gasteiger partial charge on any atom is 0.312 e. The van der Waals surface area contributed by atoms with Crippen LogP contribution in [-0.2, 0) is 23.8 Å². The summed E-state index contributed by atoms with van der Waals surface area (Å²) in [4.78, 5) is 39.2. The van der Waals surface area contributed by atoms with Crippen LogP contribution in [0.15, 0.2) is 48.3 Å². The summed E-state index contributed by atoms with van der Waals surface area (Å²) in [6.45, 7) is 12.9. The van der Waals surface area contributed by atoms with E-state index in [0.29, 0.717) is 5.56 Å². The predicted molar refractivity (Wildman–Crippen MR) is 182 cm³/mol. The van der Waals surface area contributed by atoms with Gasteiger partial charge in [0.1, 0.15) is 23.4 Å². The molecule has 12 nitrogen and oxygen atoms in total. The average Bonchev–Trinajstić information content (AvgIpc) is 3.32. The Kier molecular flexibility index (Phi) is 11.2. The molecular weight excluding hydrogens is 634 g/mol. The molecule has 5 bridgehead atoms. The molecule has 5 rings (SSSR count). The number of amides is 1. The zero-order valence-electron chi connectivity index (χ0n) is 29.3.